The maximum absolute atomic E-state index is 11.9. The zero-order chi connectivity index (χ0) is 15.6. The molecule has 1 saturated carbocycles. The number of anilines is 1. The molecule has 1 aromatic carbocycles. The molecule has 1 aliphatic carbocycles. The van der Waals surface area contributed by atoms with E-state index < -0.39 is 0 Å². The predicted molar refractivity (Wildman–Crippen MR) is 88.8 cm³/mol. The summed E-state index contributed by atoms with van der Waals surface area (Å²) in [6.07, 6.45) is 3.69. The molecule has 3 nitrogen and oxygen atoms in total. The fourth-order valence-corrected chi connectivity index (χ4v) is 3.53. The standard InChI is InChI=1S/C18H28N2O/c1-12-11-18(3,4)10-9-15(12)20-16-8-6-7-14(13(16)2)17(21)19-5/h6-8,12,15,20H,9-11H2,1-5H3,(H,19,21). The van der Waals surface area contributed by atoms with Crippen LogP contribution in [-0.2, 0) is 0 Å². The van der Waals surface area contributed by atoms with Crippen LogP contribution in [0.5, 0.6) is 0 Å². The number of hydrogen-bond acceptors (Lipinski definition) is 2. The van der Waals surface area contributed by atoms with Crippen molar-refractivity contribution in [2.24, 2.45) is 11.3 Å². The van der Waals surface area contributed by atoms with Crippen LogP contribution in [0.15, 0.2) is 18.2 Å². The molecule has 3 heteroatoms. The van der Waals surface area contributed by atoms with E-state index in [0.717, 1.165) is 16.8 Å². The minimum atomic E-state index is -0.0195. The first-order valence-corrected chi connectivity index (χ1v) is 7.92. The summed E-state index contributed by atoms with van der Waals surface area (Å²) in [6.45, 7) is 9.06. The van der Waals surface area contributed by atoms with E-state index >= 15 is 0 Å². The minimum absolute atomic E-state index is 0.0195. The van der Waals surface area contributed by atoms with Gasteiger partial charge in [-0.3, -0.25) is 4.79 Å². The number of carbonyl (C=O) groups excluding carboxylic acids is 1. The molecule has 1 amide bonds. The van der Waals surface area contributed by atoms with E-state index in [9.17, 15) is 4.79 Å². The largest absolute Gasteiger partial charge is 0.382 e. The highest BCUT2D eigenvalue weighted by molar-refractivity contribution is 5.96. The van der Waals surface area contributed by atoms with Crippen molar-refractivity contribution in [1.29, 1.82) is 0 Å². The van der Waals surface area contributed by atoms with Crippen LogP contribution in [0.4, 0.5) is 5.69 Å². The molecule has 0 aromatic heterocycles. The van der Waals surface area contributed by atoms with Gasteiger partial charge in [-0.15, -0.1) is 0 Å². The van der Waals surface area contributed by atoms with Gasteiger partial charge in [-0.25, -0.2) is 0 Å². The molecule has 116 valence electrons. The highest BCUT2D eigenvalue weighted by Crippen LogP contribution is 2.39. The van der Waals surface area contributed by atoms with Crippen molar-refractivity contribution in [3.05, 3.63) is 29.3 Å². The highest BCUT2D eigenvalue weighted by Gasteiger charge is 2.32. The summed E-state index contributed by atoms with van der Waals surface area (Å²) in [5.41, 5.74) is 3.34. The summed E-state index contributed by atoms with van der Waals surface area (Å²) >= 11 is 0. The first-order chi connectivity index (χ1) is 9.84. The number of nitrogens with one attached hydrogen (secondary N) is 2. The van der Waals surface area contributed by atoms with Gasteiger partial charge in [0.15, 0.2) is 0 Å². The fraction of sp³-hybridized carbons (Fsp3) is 0.611. The monoisotopic (exact) mass is 288 g/mol. The van der Waals surface area contributed by atoms with Crippen LogP contribution in [0.2, 0.25) is 0 Å². The smallest absolute Gasteiger partial charge is 0.251 e. The Morgan fingerprint density at radius 1 is 1.33 bits per heavy atom. The Kier molecular flexibility index (Phi) is 4.60. The Morgan fingerprint density at radius 2 is 2.05 bits per heavy atom. The average molecular weight is 288 g/mol. The zero-order valence-electron chi connectivity index (χ0n) is 13.9. The Bertz CT molecular complexity index is 522. The van der Waals surface area contributed by atoms with E-state index in [0.29, 0.717) is 17.4 Å². The highest BCUT2D eigenvalue weighted by atomic mass is 16.1. The summed E-state index contributed by atoms with van der Waals surface area (Å²) in [5, 5.41) is 6.38. The molecule has 0 radical (unpaired) electrons. The number of amides is 1. The fourth-order valence-electron chi connectivity index (χ4n) is 3.53. The molecule has 21 heavy (non-hydrogen) atoms. The lowest BCUT2D eigenvalue weighted by atomic mass is 9.70. The van der Waals surface area contributed by atoms with Crippen molar-refractivity contribution < 1.29 is 4.79 Å². The van der Waals surface area contributed by atoms with E-state index in [1.165, 1.54) is 19.3 Å². The van der Waals surface area contributed by atoms with Gasteiger partial charge in [-0.2, -0.15) is 0 Å². The van der Waals surface area contributed by atoms with Crippen LogP contribution in [0.25, 0.3) is 0 Å². The maximum Gasteiger partial charge on any atom is 0.251 e. The first kappa shape index (κ1) is 15.9. The van der Waals surface area contributed by atoms with Gasteiger partial charge in [0.1, 0.15) is 0 Å². The molecule has 1 aromatic rings. The third kappa shape index (κ3) is 3.58. The predicted octanol–water partition coefficient (Wildman–Crippen LogP) is 3.98. The first-order valence-electron chi connectivity index (χ1n) is 7.92. The van der Waals surface area contributed by atoms with Gasteiger partial charge in [0.2, 0.25) is 0 Å². The second-order valence-corrected chi connectivity index (χ2v) is 7.19. The van der Waals surface area contributed by atoms with Gasteiger partial charge >= 0.3 is 0 Å². The minimum Gasteiger partial charge on any atom is -0.382 e. The SMILES string of the molecule is CNC(=O)c1cccc(NC2CCC(C)(C)CC2C)c1C. The van der Waals surface area contributed by atoms with Crippen molar-refractivity contribution in [3.8, 4) is 0 Å². The van der Waals surface area contributed by atoms with Crippen LogP contribution in [0.1, 0.15) is 56.0 Å². The molecular formula is C18H28N2O. The third-order valence-electron chi connectivity index (χ3n) is 4.84. The Morgan fingerprint density at radius 3 is 2.67 bits per heavy atom. The van der Waals surface area contributed by atoms with Crippen molar-refractivity contribution in [2.75, 3.05) is 12.4 Å². The van der Waals surface area contributed by atoms with Crippen molar-refractivity contribution in [2.45, 2.75) is 53.0 Å². The average Bonchev–Trinajstić information content (AvgIpc) is 2.42. The topological polar surface area (TPSA) is 41.1 Å². The number of benzene rings is 1. The van der Waals surface area contributed by atoms with Crippen LogP contribution >= 0.6 is 0 Å². The zero-order valence-corrected chi connectivity index (χ0v) is 13.9. The lowest BCUT2D eigenvalue weighted by Gasteiger charge is -2.40. The summed E-state index contributed by atoms with van der Waals surface area (Å²) in [5.74, 6) is 0.630. The second kappa shape index (κ2) is 6.08. The molecule has 0 bridgehead atoms. The van der Waals surface area contributed by atoms with Crippen molar-refractivity contribution >= 4 is 11.6 Å². The quantitative estimate of drug-likeness (QED) is 0.883. The van der Waals surface area contributed by atoms with Gasteiger partial charge in [0, 0.05) is 24.3 Å². The lowest BCUT2D eigenvalue weighted by Crippen LogP contribution is -2.37. The van der Waals surface area contributed by atoms with Gasteiger partial charge in [0.25, 0.3) is 5.91 Å². The molecule has 1 aliphatic rings. The number of hydrogen-bond donors (Lipinski definition) is 2. The molecule has 2 unspecified atom stereocenters. The van der Waals surface area contributed by atoms with Gasteiger partial charge in [0.05, 0.1) is 0 Å². The molecule has 0 spiro atoms. The van der Waals surface area contributed by atoms with Crippen molar-refractivity contribution in [1.82, 2.24) is 5.32 Å². The molecule has 2 atom stereocenters. The van der Waals surface area contributed by atoms with Gasteiger partial charge < -0.3 is 10.6 Å². The normalized spacial score (nSPS) is 24.4. The van der Waals surface area contributed by atoms with E-state index in [4.69, 9.17) is 0 Å². The molecule has 2 rings (SSSR count). The second-order valence-electron chi connectivity index (χ2n) is 7.19. The lowest BCUT2D eigenvalue weighted by molar-refractivity contribution is 0.0962. The molecule has 0 aliphatic heterocycles. The van der Waals surface area contributed by atoms with E-state index in [1.807, 2.05) is 19.1 Å². The van der Waals surface area contributed by atoms with Crippen LogP contribution in [0.3, 0.4) is 0 Å². The molecule has 0 heterocycles. The maximum atomic E-state index is 11.9. The Labute approximate surface area is 128 Å². The van der Waals surface area contributed by atoms with Crippen LogP contribution in [-0.4, -0.2) is 19.0 Å². The Hall–Kier alpha value is -1.51. The van der Waals surface area contributed by atoms with E-state index in [1.54, 1.807) is 7.05 Å². The summed E-state index contributed by atoms with van der Waals surface area (Å²) in [6, 6.07) is 6.41. The number of carbonyl (C=O) groups is 1. The van der Waals surface area contributed by atoms with Gasteiger partial charge in [-0.1, -0.05) is 26.8 Å². The molecule has 0 saturated heterocycles. The summed E-state index contributed by atoms with van der Waals surface area (Å²) in [7, 11) is 1.67. The Balaban J connectivity index is 2.15. The van der Waals surface area contributed by atoms with E-state index in [2.05, 4.69) is 37.5 Å². The number of rotatable bonds is 3. The molecule has 1 fully saturated rings. The van der Waals surface area contributed by atoms with Crippen molar-refractivity contribution in [3.63, 3.8) is 0 Å². The van der Waals surface area contributed by atoms with Crippen LogP contribution < -0.4 is 10.6 Å². The van der Waals surface area contributed by atoms with Crippen LogP contribution in [0, 0.1) is 18.3 Å². The summed E-state index contributed by atoms with van der Waals surface area (Å²) in [4.78, 5) is 11.9. The molecule has 2 N–H and O–H groups in total. The molecular weight excluding hydrogens is 260 g/mol. The van der Waals surface area contributed by atoms with E-state index in [-0.39, 0.29) is 5.91 Å². The third-order valence-corrected chi connectivity index (χ3v) is 4.84. The van der Waals surface area contributed by atoms with Gasteiger partial charge in [-0.05, 0) is 55.2 Å². The summed E-state index contributed by atoms with van der Waals surface area (Å²) < 4.78 is 0.